The second-order valence-corrected chi connectivity index (χ2v) is 8.04. The van der Waals surface area contributed by atoms with E-state index in [4.69, 9.17) is 9.26 Å². The molecule has 0 radical (unpaired) electrons. The first kappa shape index (κ1) is 21.1. The standard InChI is InChI=1S/C23H27N5O3/c1-15-8-21(31-27-15)20-10-24-14-26-23(20)19-6-4-18(5-7-19)9-25-22(29)13-28-11-16(2)30-17(3)12-28/h4-8,10,14,16-17H,9,11-13H2,1-3H3,(H,25,29)/t16-,17-/m0/s1. The number of nitrogens with zero attached hydrogens (tertiary/aromatic N) is 4. The van der Waals surface area contributed by atoms with Crippen molar-refractivity contribution in [2.24, 2.45) is 0 Å². The van der Waals surface area contributed by atoms with Crippen molar-refractivity contribution in [2.45, 2.75) is 39.5 Å². The van der Waals surface area contributed by atoms with Crippen molar-refractivity contribution in [3.63, 3.8) is 0 Å². The van der Waals surface area contributed by atoms with Crippen molar-refractivity contribution in [2.75, 3.05) is 19.6 Å². The van der Waals surface area contributed by atoms with E-state index in [0.29, 0.717) is 18.8 Å². The maximum absolute atomic E-state index is 12.4. The van der Waals surface area contributed by atoms with Crippen LogP contribution < -0.4 is 5.32 Å². The van der Waals surface area contributed by atoms with Crippen LogP contribution in [0.3, 0.4) is 0 Å². The molecule has 1 N–H and O–H groups in total. The number of rotatable bonds is 6. The monoisotopic (exact) mass is 421 g/mol. The largest absolute Gasteiger partial charge is 0.373 e. The summed E-state index contributed by atoms with van der Waals surface area (Å²) in [6.07, 6.45) is 3.54. The average Bonchev–Trinajstić information content (AvgIpc) is 3.18. The van der Waals surface area contributed by atoms with Crippen molar-refractivity contribution in [3.8, 4) is 22.6 Å². The van der Waals surface area contributed by atoms with Gasteiger partial charge in [0.05, 0.1) is 35.7 Å². The van der Waals surface area contributed by atoms with E-state index < -0.39 is 0 Å². The summed E-state index contributed by atoms with van der Waals surface area (Å²) >= 11 is 0. The molecule has 1 amide bonds. The van der Waals surface area contributed by atoms with Gasteiger partial charge in [-0.2, -0.15) is 0 Å². The minimum atomic E-state index is 0.0177. The Kier molecular flexibility index (Phi) is 6.39. The van der Waals surface area contributed by atoms with E-state index in [1.54, 1.807) is 6.20 Å². The molecule has 8 nitrogen and oxygen atoms in total. The van der Waals surface area contributed by atoms with Crippen LogP contribution in [-0.4, -0.2) is 57.8 Å². The topological polar surface area (TPSA) is 93.4 Å². The molecule has 0 saturated carbocycles. The highest BCUT2D eigenvalue weighted by atomic mass is 16.5. The Morgan fingerprint density at radius 2 is 1.94 bits per heavy atom. The molecule has 162 valence electrons. The molecular weight excluding hydrogens is 394 g/mol. The molecule has 0 spiro atoms. The van der Waals surface area contributed by atoms with Crippen LogP contribution in [0.15, 0.2) is 47.4 Å². The van der Waals surface area contributed by atoms with Gasteiger partial charge in [-0.25, -0.2) is 9.97 Å². The fraction of sp³-hybridized carbons (Fsp3) is 0.391. The smallest absolute Gasteiger partial charge is 0.234 e. The number of carbonyl (C=O) groups excluding carboxylic acids is 1. The Morgan fingerprint density at radius 1 is 1.19 bits per heavy atom. The Hall–Kier alpha value is -3.10. The summed E-state index contributed by atoms with van der Waals surface area (Å²) in [5.41, 5.74) is 4.33. The Morgan fingerprint density at radius 3 is 2.61 bits per heavy atom. The van der Waals surface area contributed by atoms with Crippen LogP contribution in [0.1, 0.15) is 25.1 Å². The van der Waals surface area contributed by atoms with E-state index in [-0.39, 0.29) is 18.1 Å². The van der Waals surface area contributed by atoms with Crippen LogP contribution in [0.5, 0.6) is 0 Å². The minimum absolute atomic E-state index is 0.0177. The van der Waals surface area contributed by atoms with Gasteiger partial charge in [0.1, 0.15) is 6.33 Å². The van der Waals surface area contributed by atoms with Crippen LogP contribution >= 0.6 is 0 Å². The maximum Gasteiger partial charge on any atom is 0.234 e. The summed E-state index contributed by atoms with van der Waals surface area (Å²) in [5.74, 6) is 0.653. The lowest BCUT2D eigenvalue weighted by molar-refractivity contribution is -0.126. The summed E-state index contributed by atoms with van der Waals surface area (Å²) in [7, 11) is 0. The highest BCUT2D eigenvalue weighted by molar-refractivity contribution is 5.78. The van der Waals surface area contributed by atoms with Gasteiger partial charge in [-0.1, -0.05) is 29.4 Å². The molecular formula is C23H27N5O3. The van der Waals surface area contributed by atoms with Gasteiger partial charge >= 0.3 is 0 Å². The quantitative estimate of drug-likeness (QED) is 0.654. The first-order valence-corrected chi connectivity index (χ1v) is 10.5. The number of hydrogen-bond acceptors (Lipinski definition) is 7. The van der Waals surface area contributed by atoms with Gasteiger partial charge in [-0.05, 0) is 26.3 Å². The summed E-state index contributed by atoms with van der Waals surface area (Å²) in [6, 6.07) is 9.82. The lowest BCUT2D eigenvalue weighted by atomic mass is 10.0. The van der Waals surface area contributed by atoms with Gasteiger partial charge in [-0.3, -0.25) is 9.69 Å². The number of carbonyl (C=O) groups is 1. The van der Waals surface area contributed by atoms with Gasteiger partial charge in [0.2, 0.25) is 5.91 Å². The Bertz CT molecular complexity index is 1020. The summed E-state index contributed by atoms with van der Waals surface area (Å²) < 4.78 is 11.1. The van der Waals surface area contributed by atoms with Crippen molar-refractivity contribution in [1.29, 1.82) is 0 Å². The molecule has 3 heterocycles. The summed E-state index contributed by atoms with van der Waals surface area (Å²) in [6.45, 7) is 8.36. The molecule has 2 aromatic heterocycles. The van der Waals surface area contributed by atoms with Gasteiger partial charge < -0.3 is 14.6 Å². The van der Waals surface area contributed by atoms with Crippen LogP contribution in [0.25, 0.3) is 22.6 Å². The fourth-order valence-electron chi connectivity index (χ4n) is 3.88. The molecule has 1 aromatic carbocycles. The van der Waals surface area contributed by atoms with Crippen LogP contribution in [0, 0.1) is 6.92 Å². The maximum atomic E-state index is 12.4. The molecule has 1 aliphatic heterocycles. The number of hydrogen-bond donors (Lipinski definition) is 1. The third kappa shape index (κ3) is 5.34. The number of amides is 1. The van der Waals surface area contributed by atoms with Gasteiger partial charge in [0.15, 0.2) is 5.76 Å². The fourth-order valence-corrected chi connectivity index (χ4v) is 3.88. The van der Waals surface area contributed by atoms with Crippen LogP contribution in [-0.2, 0) is 16.1 Å². The molecule has 0 unspecified atom stereocenters. The summed E-state index contributed by atoms with van der Waals surface area (Å²) in [5, 5.41) is 6.96. The molecule has 8 heteroatoms. The number of nitrogens with one attached hydrogen (secondary N) is 1. The third-order valence-electron chi connectivity index (χ3n) is 5.19. The molecule has 1 fully saturated rings. The Balaban J connectivity index is 1.38. The second kappa shape index (κ2) is 9.36. The van der Waals surface area contributed by atoms with Crippen molar-refractivity contribution in [1.82, 2.24) is 25.3 Å². The average molecular weight is 422 g/mol. The predicted molar refractivity (Wildman–Crippen MR) is 116 cm³/mol. The van der Waals surface area contributed by atoms with Crippen LogP contribution in [0.4, 0.5) is 0 Å². The molecule has 1 aliphatic rings. The zero-order chi connectivity index (χ0) is 21.8. The molecule has 31 heavy (non-hydrogen) atoms. The van der Waals surface area contributed by atoms with Crippen molar-refractivity contribution in [3.05, 3.63) is 54.1 Å². The Labute approximate surface area is 181 Å². The number of benzene rings is 1. The number of ether oxygens (including phenoxy) is 1. The zero-order valence-electron chi connectivity index (χ0n) is 18.0. The SMILES string of the molecule is Cc1cc(-c2cncnc2-c2ccc(CNC(=O)CN3C[C@H](C)O[C@@H](C)C3)cc2)on1. The van der Waals surface area contributed by atoms with Gasteiger partial charge in [-0.15, -0.1) is 0 Å². The normalized spacial score (nSPS) is 19.3. The molecule has 4 rings (SSSR count). The lowest BCUT2D eigenvalue weighted by Crippen LogP contribution is -2.49. The predicted octanol–water partition coefficient (Wildman–Crippen LogP) is 2.83. The van der Waals surface area contributed by atoms with Crippen molar-refractivity contribution >= 4 is 5.91 Å². The zero-order valence-corrected chi connectivity index (χ0v) is 18.0. The number of aromatic nitrogens is 3. The van der Waals surface area contributed by atoms with Gasteiger partial charge in [0.25, 0.3) is 0 Å². The lowest BCUT2D eigenvalue weighted by Gasteiger charge is -2.34. The molecule has 0 bridgehead atoms. The summed E-state index contributed by atoms with van der Waals surface area (Å²) in [4.78, 5) is 23.1. The van der Waals surface area contributed by atoms with Gasteiger partial charge in [0, 0.05) is 37.5 Å². The van der Waals surface area contributed by atoms with E-state index in [1.807, 2.05) is 51.1 Å². The highest BCUT2D eigenvalue weighted by Gasteiger charge is 2.23. The number of morpholine rings is 1. The first-order chi connectivity index (χ1) is 15.0. The molecule has 0 aliphatic carbocycles. The van der Waals surface area contributed by atoms with E-state index >= 15 is 0 Å². The third-order valence-corrected chi connectivity index (χ3v) is 5.19. The van der Waals surface area contributed by atoms with E-state index in [9.17, 15) is 4.79 Å². The van der Waals surface area contributed by atoms with E-state index in [0.717, 1.165) is 41.2 Å². The minimum Gasteiger partial charge on any atom is -0.373 e. The van der Waals surface area contributed by atoms with E-state index in [1.165, 1.54) is 6.33 Å². The molecule has 1 saturated heterocycles. The first-order valence-electron chi connectivity index (χ1n) is 10.5. The van der Waals surface area contributed by atoms with Crippen LogP contribution in [0.2, 0.25) is 0 Å². The van der Waals surface area contributed by atoms with Crippen molar-refractivity contribution < 1.29 is 14.1 Å². The van der Waals surface area contributed by atoms with E-state index in [2.05, 4.69) is 25.3 Å². The molecule has 3 aromatic rings. The second-order valence-electron chi connectivity index (χ2n) is 8.04. The number of aryl methyl sites for hydroxylation is 1. The molecule has 2 atom stereocenters. The highest BCUT2D eigenvalue weighted by Crippen LogP contribution is 2.30.